The first-order valence-corrected chi connectivity index (χ1v) is 10.3. The molecule has 3 aromatic carbocycles. The van der Waals surface area contributed by atoms with Crippen molar-refractivity contribution in [3.8, 4) is 5.75 Å². The summed E-state index contributed by atoms with van der Waals surface area (Å²) in [6.45, 7) is 4.23. The van der Waals surface area contributed by atoms with Crippen molar-refractivity contribution in [2.75, 3.05) is 18.5 Å². The third-order valence-corrected chi connectivity index (χ3v) is 5.15. The topological polar surface area (TPSA) is 50.8 Å². The van der Waals surface area contributed by atoms with Crippen LogP contribution in [0.2, 0.25) is 0 Å². The highest BCUT2D eigenvalue weighted by Gasteiger charge is 2.20. The lowest BCUT2D eigenvalue weighted by Crippen LogP contribution is -2.36. The lowest BCUT2D eigenvalue weighted by atomic mass is 10.1. The molecule has 0 saturated heterocycles. The van der Waals surface area contributed by atoms with Gasteiger partial charge in [0.05, 0.1) is 26.3 Å². The average Bonchev–Trinajstić information content (AvgIpc) is 2.99. The summed E-state index contributed by atoms with van der Waals surface area (Å²) < 4.78 is 24.6. The predicted molar refractivity (Wildman–Crippen MR) is 117 cm³/mol. The van der Waals surface area contributed by atoms with Crippen LogP contribution in [0.3, 0.4) is 0 Å². The van der Waals surface area contributed by atoms with Crippen LogP contribution >= 0.6 is 0 Å². The molecular formula is C25H25FN2O3. The molecule has 1 aliphatic heterocycles. The van der Waals surface area contributed by atoms with E-state index >= 15 is 0 Å². The van der Waals surface area contributed by atoms with E-state index in [1.54, 1.807) is 17.0 Å². The Labute approximate surface area is 181 Å². The number of aryl methyl sites for hydroxylation is 1. The summed E-state index contributed by atoms with van der Waals surface area (Å²) in [6.07, 6.45) is 0. The molecule has 0 aromatic heterocycles. The number of fused-ring (bicyclic) bond motifs is 1. The Morgan fingerprint density at radius 1 is 1.03 bits per heavy atom. The first kappa shape index (κ1) is 20.9. The van der Waals surface area contributed by atoms with Gasteiger partial charge in [0.15, 0.2) is 0 Å². The molecule has 0 fully saturated rings. The molecule has 0 aliphatic carbocycles. The Morgan fingerprint density at radius 2 is 1.74 bits per heavy atom. The second-order valence-corrected chi connectivity index (χ2v) is 7.63. The van der Waals surface area contributed by atoms with Crippen molar-refractivity contribution in [1.82, 2.24) is 4.90 Å². The second-order valence-electron chi connectivity index (χ2n) is 7.63. The van der Waals surface area contributed by atoms with Gasteiger partial charge in [-0.05, 0) is 54.4 Å². The van der Waals surface area contributed by atoms with Gasteiger partial charge in [-0.15, -0.1) is 0 Å². The summed E-state index contributed by atoms with van der Waals surface area (Å²) >= 11 is 0. The van der Waals surface area contributed by atoms with Crippen LogP contribution in [0.5, 0.6) is 5.75 Å². The Balaban J connectivity index is 1.38. The third-order valence-electron chi connectivity index (χ3n) is 5.15. The number of nitrogens with one attached hydrogen (secondary N) is 1. The minimum Gasteiger partial charge on any atom is -0.491 e. The Bertz CT molecular complexity index is 1040. The van der Waals surface area contributed by atoms with Crippen LogP contribution in [-0.2, 0) is 24.5 Å². The number of carbonyl (C=O) groups is 1. The highest BCUT2D eigenvalue weighted by Crippen LogP contribution is 2.25. The number of rotatable bonds is 5. The Morgan fingerprint density at radius 3 is 2.52 bits per heavy atom. The fourth-order valence-electron chi connectivity index (χ4n) is 3.42. The van der Waals surface area contributed by atoms with Crippen LogP contribution in [0, 0.1) is 12.7 Å². The molecule has 1 aliphatic rings. The van der Waals surface area contributed by atoms with Gasteiger partial charge >= 0.3 is 6.03 Å². The monoisotopic (exact) mass is 420 g/mol. The summed E-state index contributed by atoms with van der Waals surface area (Å²) in [4.78, 5) is 14.5. The molecule has 31 heavy (non-hydrogen) atoms. The van der Waals surface area contributed by atoms with Gasteiger partial charge in [0.1, 0.15) is 18.2 Å². The van der Waals surface area contributed by atoms with Gasteiger partial charge in [0.25, 0.3) is 0 Å². The minimum atomic E-state index is -0.259. The largest absolute Gasteiger partial charge is 0.491 e. The van der Waals surface area contributed by atoms with Crippen molar-refractivity contribution in [3.63, 3.8) is 0 Å². The number of anilines is 1. The lowest BCUT2D eigenvalue weighted by molar-refractivity contribution is 0.107. The van der Waals surface area contributed by atoms with E-state index in [4.69, 9.17) is 9.47 Å². The van der Waals surface area contributed by atoms with Crippen LogP contribution in [0.25, 0.3) is 0 Å². The first-order chi connectivity index (χ1) is 15.1. The molecule has 0 unspecified atom stereocenters. The standard InChI is InChI=1S/C25H25FN2O3/c1-18-2-9-23(10-3-18)27-25(29)28-12-13-31-24-11-6-20(14-21(24)15-28)17-30-16-19-4-7-22(26)8-5-19/h2-11,14H,12-13,15-17H2,1H3,(H,27,29). The van der Waals surface area contributed by atoms with E-state index in [1.165, 1.54) is 12.1 Å². The number of carbonyl (C=O) groups excluding carboxylic acids is 1. The Kier molecular flexibility index (Phi) is 6.48. The zero-order chi connectivity index (χ0) is 21.6. The van der Waals surface area contributed by atoms with Crippen molar-refractivity contribution >= 4 is 11.7 Å². The van der Waals surface area contributed by atoms with E-state index in [2.05, 4.69) is 5.32 Å². The molecule has 2 amide bonds. The van der Waals surface area contributed by atoms with Gasteiger partial charge < -0.3 is 19.7 Å². The SMILES string of the molecule is Cc1ccc(NC(=O)N2CCOc3ccc(COCc4ccc(F)cc4)cc3C2)cc1. The predicted octanol–water partition coefficient (Wildman–Crippen LogP) is 5.28. The maximum Gasteiger partial charge on any atom is 0.322 e. The summed E-state index contributed by atoms with van der Waals surface area (Å²) in [6, 6.07) is 19.7. The van der Waals surface area contributed by atoms with E-state index in [9.17, 15) is 9.18 Å². The average molecular weight is 420 g/mol. The molecule has 1 heterocycles. The summed E-state index contributed by atoms with van der Waals surface area (Å²) in [7, 11) is 0. The van der Waals surface area contributed by atoms with Crippen LogP contribution in [-0.4, -0.2) is 24.1 Å². The number of ether oxygens (including phenoxy) is 2. The molecule has 4 rings (SSSR count). The van der Waals surface area contributed by atoms with Gasteiger partial charge in [-0.1, -0.05) is 35.9 Å². The fraction of sp³-hybridized carbons (Fsp3) is 0.240. The summed E-state index contributed by atoms with van der Waals surface area (Å²) in [5, 5.41) is 2.95. The number of benzene rings is 3. The molecule has 0 radical (unpaired) electrons. The number of amides is 2. The quantitative estimate of drug-likeness (QED) is 0.611. The van der Waals surface area contributed by atoms with Gasteiger partial charge in [-0.3, -0.25) is 0 Å². The van der Waals surface area contributed by atoms with Crippen LogP contribution < -0.4 is 10.1 Å². The number of hydrogen-bond acceptors (Lipinski definition) is 3. The fourth-order valence-corrected chi connectivity index (χ4v) is 3.42. The Hall–Kier alpha value is -3.38. The molecule has 0 atom stereocenters. The van der Waals surface area contributed by atoms with Gasteiger partial charge in [0.2, 0.25) is 0 Å². The van der Waals surface area contributed by atoms with Gasteiger partial charge in [-0.2, -0.15) is 0 Å². The zero-order valence-corrected chi connectivity index (χ0v) is 17.4. The van der Waals surface area contributed by atoms with Crippen LogP contribution in [0.15, 0.2) is 66.7 Å². The highest BCUT2D eigenvalue weighted by molar-refractivity contribution is 5.89. The van der Waals surface area contributed by atoms with Crippen molar-refractivity contribution in [2.24, 2.45) is 0 Å². The summed E-state index contributed by atoms with van der Waals surface area (Å²) in [5.41, 5.74) is 4.76. The molecule has 3 aromatic rings. The summed E-state index contributed by atoms with van der Waals surface area (Å²) in [5.74, 6) is 0.526. The van der Waals surface area contributed by atoms with Crippen LogP contribution in [0.4, 0.5) is 14.9 Å². The van der Waals surface area contributed by atoms with E-state index < -0.39 is 0 Å². The maximum atomic E-state index is 13.0. The molecule has 0 spiro atoms. The molecule has 160 valence electrons. The normalized spacial score (nSPS) is 13.2. The number of hydrogen-bond donors (Lipinski definition) is 1. The molecule has 1 N–H and O–H groups in total. The van der Waals surface area contributed by atoms with Crippen molar-refractivity contribution < 1.29 is 18.7 Å². The number of urea groups is 1. The molecule has 5 nitrogen and oxygen atoms in total. The van der Waals surface area contributed by atoms with Crippen molar-refractivity contribution in [2.45, 2.75) is 26.7 Å². The van der Waals surface area contributed by atoms with Gasteiger partial charge in [0, 0.05) is 11.3 Å². The van der Waals surface area contributed by atoms with Gasteiger partial charge in [-0.25, -0.2) is 9.18 Å². The molecule has 0 bridgehead atoms. The second kappa shape index (κ2) is 9.62. The van der Waals surface area contributed by atoms with Crippen LogP contribution in [0.1, 0.15) is 22.3 Å². The first-order valence-electron chi connectivity index (χ1n) is 10.3. The lowest BCUT2D eigenvalue weighted by Gasteiger charge is -2.20. The number of nitrogens with zero attached hydrogens (tertiary/aromatic N) is 1. The molecular weight excluding hydrogens is 395 g/mol. The molecule has 0 saturated carbocycles. The zero-order valence-electron chi connectivity index (χ0n) is 17.4. The van der Waals surface area contributed by atoms with E-state index in [1.807, 2.05) is 49.4 Å². The van der Waals surface area contributed by atoms with E-state index in [-0.39, 0.29) is 11.8 Å². The number of halogens is 1. The smallest absolute Gasteiger partial charge is 0.322 e. The van der Waals surface area contributed by atoms with E-state index in [0.717, 1.165) is 33.7 Å². The maximum absolute atomic E-state index is 13.0. The van der Waals surface area contributed by atoms with E-state index in [0.29, 0.717) is 32.9 Å². The minimum absolute atomic E-state index is 0.154. The highest BCUT2D eigenvalue weighted by atomic mass is 19.1. The third kappa shape index (κ3) is 5.61. The van der Waals surface area contributed by atoms with Crippen molar-refractivity contribution in [1.29, 1.82) is 0 Å². The van der Waals surface area contributed by atoms with Crippen molar-refractivity contribution in [3.05, 3.63) is 94.8 Å². The molecule has 6 heteroatoms.